The van der Waals surface area contributed by atoms with Crippen molar-refractivity contribution in [2.45, 2.75) is 52.4 Å². The SMILES string of the molecule is CC(C)(C)c1ccc(-c2cc(C=CCO)cc(-c3ccc(C(C)(C)C)cc3)c2)cc1. The van der Waals surface area contributed by atoms with Crippen LogP contribution in [-0.4, -0.2) is 11.7 Å². The van der Waals surface area contributed by atoms with Crippen molar-refractivity contribution in [1.82, 2.24) is 0 Å². The van der Waals surface area contributed by atoms with E-state index in [1.807, 2.05) is 6.08 Å². The highest BCUT2D eigenvalue weighted by atomic mass is 16.2. The maximum Gasteiger partial charge on any atom is 0.0615 e. The first-order valence-electron chi connectivity index (χ1n) is 10.7. The van der Waals surface area contributed by atoms with Crippen molar-refractivity contribution >= 4 is 6.08 Å². The predicted molar refractivity (Wildman–Crippen MR) is 131 cm³/mol. The normalized spacial score (nSPS) is 12.5. The maximum absolute atomic E-state index is 9.23. The summed E-state index contributed by atoms with van der Waals surface area (Å²) in [4.78, 5) is 0. The minimum absolute atomic E-state index is 0.0418. The van der Waals surface area contributed by atoms with Crippen LogP contribution in [0.15, 0.2) is 72.8 Å². The fourth-order valence-electron chi connectivity index (χ4n) is 3.60. The Bertz CT molecular complexity index is 932. The van der Waals surface area contributed by atoms with E-state index in [0.29, 0.717) is 0 Å². The van der Waals surface area contributed by atoms with E-state index in [4.69, 9.17) is 0 Å². The molecule has 0 spiro atoms. The van der Waals surface area contributed by atoms with E-state index in [1.165, 1.54) is 33.4 Å². The van der Waals surface area contributed by atoms with E-state index in [9.17, 15) is 5.11 Å². The molecule has 3 aromatic rings. The van der Waals surface area contributed by atoms with Crippen molar-refractivity contribution in [2.24, 2.45) is 0 Å². The van der Waals surface area contributed by atoms with Crippen LogP contribution in [0.1, 0.15) is 58.2 Å². The Morgan fingerprint density at radius 1 is 0.600 bits per heavy atom. The van der Waals surface area contributed by atoms with Gasteiger partial charge in [0.1, 0.15) is 0 Å². The fraction of sp³-hybridized carbons (Fsp3) is 0.310. The molecule has 0 atom stereocenters. The Kier molecular flexibility index (Phi) is 6.33. The molecule has 156 valence electrons. The van der Waals surface area contributed by atoms with Gasteiger partial charge < -0.3 is 5.11 Å². The number of benzene rings is 3. The molecule has 0 aromatic heterocycles. The summed E-state index contributed by atoms with van der Waals surface area (Å²) >= 11 is 0. The smallest absolute Gasteiger partial charge is 0.0615 e. The lowest BCUT2D eigenvalue weighted by Gasteiger charge is -2.20. The summed E-state index contributed by atoms with van der Waals surface area (Å²) in [7, 11) is 0. The Hall–Kier alpha value is -2.64. The molecule has 0 bridgehead atoms. The molecule has 1 heteroatoms. The molecule has 0 heterocycles. The number of hydrogen-bond donors (Lipinski definition) is 1. The number of aliphatic hydroxyl groups is 1. The van der Waals surface area contributed by atoms with Gasteiger partial charge in [-0.25, -0.2) is 0 Å². The lowest BCUT2D eigenvalue weighted by atomic mass is 9.85. The Labute approximate surface area is 182 Å². The highest BCUT2D eigenvalue weighted by molar-refractivity contribution is 5.77. The molecule has 1 N–H and O–H groups in total. The second-order valence-electron chi connectivity index (χ2n) is 10.1. The second kappa shape index (κ2) is 8.62. The summed E-state index contributed by atoms with van der Waals surface area (Å²) in [6.07, 6.45) is 3.77. The summed E-state index contributed by atoms with van der Waals surface area (Å²) in [6.45, 7) is 13.5. The monoisotopic (exact) mass is 398 g/mol. The highest BCUT2D eigenvalue weighted by Crippen LogP contribution is 2.32. The van der Waals surface area contributed by atoms with Crippen LogP contribution < -0.4 is 0 Å². The van der Waals surface area contributed by atoms with Gasteiger partial charge in [0.05, 0.1) is 6.61 Å². The molecule has 0 aliphatic heterocycles. The molecule has 3 aromatic carbocycles. The van der Waals surface area contributed by atoms with E-state index in [0.717, 1.165) is 5.56 Å². The summed E-state index contributed by atoms with van der Waals surface area (Å²) in [5.41, 5.74) is 8.83. The minimum Gasteiger partial charge on any atom is -0.392 e. The Balaban J connectivity index is 2.05. The molecular formula is C29H34O. The Morgan fingerprint density at radius 2 is 1.00 bits per heavy atom. The van der Waals surface area contributed by atoms with Crippen molar-refractivity contribution in [3.8, 4) is 22.3 Å². The molecule has 0 fully saturated rings. The van der Waals surface area contributed by atoms with Crippen molar-refractivity contribution in [1.29, 1.82) is 0 Å². The highest BCUT2D eigenvalue weighted by Gasteiger charge is 2.15. The van der Waals surface area contributed by atoms with Crippen LogP contribution in [0.4, 0.5) is 0 Å². The molecule has 0 amide bonds. The molecule has 0 aliphatic carbocycles. The first-order valence-corrected chi connectivity index (χ1v) is 10.7. The number of aliphatic hydroxyl groups excluding tert-OH is 1. The molecule has 0 radical (unpaired) electrons. The van der Waals surface area contributed by atoms with E-state index in [2.05, 4.69) is 108 Å². The summed E-state index contributed by atoms with van der Waals surface area (Å²) < 4.78 is 0. The first-order chi connectivity index (χ1) is 14.1. The molecule has 0 saturated heterocycles. The standard InChI is InChI=1S/C29H34O/c1-28(2,3)26-13-9-22(10-14-26)24-18-21(8-7-17-30)19-25(20-24)23-11-15-27(16-12-23)29(4,5)6/h7-16,18-20,30H,17H2,1-6H3. The van der Waals surface area contributed by atoms with Gasteiger partial charge in [0.2, 0.25) is 0 Å². The first kappa shape index (κ1) is 22.1. The molecule has 3 rings (SSSR count). The van der Waals surface area contributed by atoms with Gasteiger partial charge in [-0.3, -0.25) is 0 Å². The van der Waals surface area contributed by atoms with Gasteiger partial charge in [-0.05, 0) is 68.0 Å². The van der Waals surface area contributed by atoms with Crippen LogP contribution in [-0.2, 0) is 10.8 Å². The average molecular weight is 399 g/mol. The summed E-state index contributed by atoms with van der Waals surface area (Å²) in [5, 5.41) is 9.23. The average Bonchev–Trinajstić information content (AvgIpc) is 2.71. The van der Waals surface area contributed by atoms with Crippen LogP contribution in [0.5, 0.6) is 0 Å². The van der Waals surface area contributed by atoms with Crippen LogP contribution in [0.25, 0.3) is 28.3 Å². The fourth-order valence-corrected chi connectivity index (χ4v) is 3.60. The zero-order valence-electron chi connectivity index (χ0n) is 19.2. The number of hydrogen-bond acceptors (Lipinski definition) is 1. The van der Waals surface area contributed by atoms with Gasteiger partial charge in [-0.1, -0.05) is 102 Å². The van der Waals surface area contributed by atoms with Crippen molar-refractivity contribution in [3.05, 3.63) is 89.5 Å². The van der Waals surface area contributed by atoms with E-state index in [-0.39, 0.29) is 17.4 Å². The lowest BCUT2D eigenvalue weighted by Crippen LogP contribution is -2.10. The van der Waals surface area contributed by atoms with Gasteiger partial charge in [-0.15, -0.1) is 0 Å². The topological polar surface area (TPSA) is 20.2 Å². The molecular weight excluding hydrogens is 364 g/mol. The van der Waals surface area contributed by atoms with Crippen LogP contribution in [0.2, 0.25) is 0 Å². The molecule has 1 nitrogen and oxygen atoms in total. The molecule has 30 heavy (non-hydrogen) atoms. The van der Waals surface area contributed by atoms with Crippen molar-refractivity contribution in [3.63, 3.8) is 0 Å². The molecule has 0 saturated carbocycles. The van der Waals surface area contributed by atoms with Crippen LogP contribution >= 0.6 is 0 Å². The van der Waals surface area contributed by atoms with E-state index >= 15 is 0 Å². The predicted octanol–water partition coefficient (Wildman–Crippen LogP) is 7.62. The maximum atomic E-state index is 9.23. The van der Waals surface area contributed by atoms with Gasteiger partial charge in [0, 0.05) is 0 Å². The summed E-state index contributed by atoms with van der Waals surface area (Å²) in [5.74, 6) is 0. The largest absolute Gasteiger partial charge is 0.392 e. The lowest BCUT2D eigenvalue weighted by molar-refractivity contribution is 0.343. The third-order valence-electron chi connectivity index (χ3n) is 5.54. The van der Waals surface area contributed by atoms with Crippen molar-refractivity contribution < 1.29 is 5.11 Å². The van der Waals surface area contributed by atoms with Crippen molar-refractivity contribution in [2.75, 3.05) is 6.61 Å². The molecule has 0 aliphatic rings. The van der Waals surface area contributed by atoms with Crippen LogP contribution in [0, 0.1) is 0 Å². The van der Waals surface area contributed by atoms with Gasteiger partial charge in [-0.2, -0.15) is 0 Å². The van der Waals surface area contributed by atoms with E-state index in [1.54, 1.807) is 6.08 Å². The van der Waals surface area contributed by atoms with Gasteiger partial charge in [0.25, 0.3) is 0 Å². The van der Waals surface area contributed by atoms with Gasteiger partial charge in [0.15, 0.2) is 0 Å². The molecule has 0 unspecified atom stereocenters. The summed E-state index contributed by atoms with van der Waals surface area (Å²) in [6, 6.07) is 24.4. The Morgan fingerprint density at radius 3 is 1.33 bits per heavy atom. The third-order valence-corrected chi connectivity index (χ3v) is 5.54. The minimum atomic E-state index is 0.0418. The quantitative estimate of drug-likeness (QED) is 0.479. The zero-order valence-corrected chi connectivity index (χ0v) is 19.2. The zero-order chi connectivity index (χ0) is 21.9. The number of rotatable bonds is 4. The van der Waals surface area contributed by atoms with Gasteiger partial charge >= 0.3 is 0 Å². The van der Waals surface area contributed by atoms with Crippen LogP contribution in [0.3, 0.4) is 0 Å². The third kappa shape index (κ3) is 5.29. The second-order valence-corrected chi connectivity index (χ2v) is 10.1. The van der Waals surface area contributed by atoms with E-state index < -0.39 is 0 Å².